The lowest BCUT2D eigenvalue weighted by Crippen LogP contribution is -2.14. The van der Waals surface area contributed by atoms with Gasteiger partial charge < -0.3 is 5.32 Å². The number of aryl methyl sites for hydroxylation is 2. The van der Waals surface area contributed by atoms with E-state index < -0.39 is 4.92 Å². The van der Waals surface area contributed by atoms with Crippen molar-refractivity contribution in [2.24, 2.45) is 0 Å². The molecule has 2 aromatic carbocycles. The summed E-state index contributed by atoms with van der Waals surface area (Å²) in [5.74, 6) is -0.317. The molecule has 0 bridgehead atoms. The fourth-order valence-corrected chi connectivity index (χ4v) is 2.81. The zero-order valence-electron chi connectivity index (χ0n) is 12.0. The molecule has 0 unspecified atom stereocenters. The minimum Gasteiger partial charge on any atom is -0.316 e. The van der Waals surface area contributed by atoms with Gasteiger partial charge in [0.05, 0.1) is 4.92 Å². The van der Waals surface area contributed by atoms with Crippen LogP contribution in [0, 0.1) is 10.1 Å². The minimum absolute atomic E-state index is 0.103. The minimum atomic E-state index is -0.498. The standard InChI is InChI=1S/C17H16N2O3/c20-17(18-15-7-3-4-8-16(15)19(21)22)14-10-9-12-5-1-2-6-13(12)11-14/h3-4,7-11H,1-2,5-6H2,(H,18,20). The Morgan fingerprint density at radius 2 is 1.77 bits per heavy atom. The molecule has 2 aromatic rings. The van der Waals surface area contributed by atoms with Crippen LogP contribution in [0.1, 0.15) is 34.3 Å². The predicted molar refractivity (Wildman–Crippen MR) is 84.1 cm³/mol. The summed E-state index contributed by atoms with van der Waals surface area (Å²) < 4.78 is 0. The maximum absolute atomic E-state index is 12.3. The normalized spacial score (nSPS) is 13.3. The Morgan fingerprint density at radius 3 is 2.55 bits per heavy atom. The molecule has 0 saturated heterocycles. The Kier molecular flexibility index (Phi) is 3.87. The van der Waals surface area contributed by atoms with E-state index in [1.54, 1.807) is 18.2 Å². The third-order valence-corrected chi connectivity index (χ3v) is 3.96. The lowest BCUT2D eigenvalue weighted by molar-refractivity contribution is -0.383. The fraction of sp³-hybridized carbons (Fsp3) is 0.235. The van der Waals surface area contributed by atoms with Crippen LogP contribution >= 0.6 is 0 Å². The molecule has 1 aliphatic carbocycles. The van der Waals surface area contributed by atoms with Crippen LogP contribution in [-0.2, 0) is 12.8 Å². The lowest BCUT2D eigenvalue weighted by Gasteiger charge is -2.16. The van der Waals surface area contributed by atoms with Gasteiger partial charge in [0.25, 0.3) is 11.6 Å². The van der Waals surface area contributed by atoms with Crippen LogP contribution in [0.5, 0.6) is 0 Å². The Labute approximate surface area is 128 Å². The van der Waals surface area contributed by atoms with Crippen molar-refractivity contribution < 1.29 is 9.72 Å². The summed E-state index contributed by atoms with van der Waals surface area (Å²) in [5, 5.41) is 13.6. The molecule has 5 heteroatoms. The summed E-state index contributed by atoms with van der Waals surface area (Å²) in [6.45, 7) is 0. The van der Waals surface area contributed by atoms with Crippen LogP contribution in [0.2, 0.25) is 0 Å². The highest BCUT2D eigenvalue weighted by Gasteiger charge is 2.17. The summed E-state index contributed by atoms with van der Waals surface area (Å²) in [6.07, 6.45) is 4.38. The molecule has 22 heavy (non-hydrogen) atoms. The van der Waals surface area contributed by atoms with Crippen LogP contribution in [0.3, 0.4) is 0 Å². The highest BCUT2D eigenvalue weighted by molar-refractivity contribution is 6.05. The first-order valence-electron chi connectivity index (χ1n) is 7.32. The molecule has 0 aromatic heterocycles. The molecule has 1 aliphatic rings. The molecule has 0 radical (unpaired) electrons. The van der Waals surface area contributed by atoms with Crippen molar-refractivity contribution >= 4 is 17.3 Å². The van der Waals surface area contributed by atoms with Crippen molar-refractivity contribution in [3.05, 3.63) is 69.3 Å². The van der Waals surface area contributed by atoms with Crippen molar-refractivity contribution in [3.8, 4) is 0 Å². The monoisotopic (exact) mass is 296 g/mol. The maximum Gasteiger partial charge on any atom is 0.292 e. The second kappa shape index (κ2) is 5.97. The quantitative estimate of drug-likeness (QED) is 0.693. The number of benzene rings is 2. The van der Waals surface area contributed by atoms with E-state index in [0.29, 0.717) is 5.56 Å². The van der Waals surface area contributed by atoms with Crippen LogP contribution in [-0.4, -0.2) is 10.8 Å². The molecule has 0 atom stereocenters. The molecule has 1 N–H and O–H groups in total. The van der Waals surface area contributed by atoms with E-state index in [1.807, 2.05) is 12.1 Å². The summed E-state index contributed by atoms with van der Waals surface area (Å²) in [7, 11) is 0. The molecule has 3 rings (SSSR count). The third kappa shape index (κ3) is 2.83. The van der Waals surface area contributed by atoms with Crippen LogP contribution in [0.4, 0.5) is 11.4 Å². The number of hydrogen-bond donors (Lipinski definition) is 1. The van der Waals surface area contributed by atoms with Crippen molar-refractivity contribution in [1.82, 2.24) is 0 Å². The first-order chi connectivity index (χ1) is 10.6. The smallest absolute Gasteiger partial charge is 0.292 e. The highest BCUT2D eigenvalue weighted by atomic mass is 16.6. The van der Waals surface area contributed by atoms with Gasteiger partial charge in [-0.05, 0) is 55.0 Å². The van der Waals surface area contributed by atoms with E-state index in [9.17, 15) is 14.9 Å². The van der Waals surface area contributed by atoms with Gasteiger partial charge in [0.2, 0.25) is 0 Å². The number of nitrogens with zero attached hydrogens (tertiary/aromatic N) is 1. The van der Waals surface area contributed by atoms with Gasteiger partial charge >= 0.3 is 0 Å². The van der Waals surface area contributed by atoms with Gasteiger partial charge in [-0.3, -0.25) is 14.9 Å². The Hall–Kier alpha value is -2.69. The van der Waals surface area contributed by atoms with Crippen molar-refractivity contribution in [2.45, 2.75) is 25.7 Å². The average Bonchev–Trinajstić information content (AvgIpc) is 2.54. The van der Waals surface area contributed by atoms with Crippen LogP contribution < -0.4 is 5.32 Å². The number of carbonyl (C=O) groups excluding carboxylic acids is 1. The number of anilines is 1. The second-order valence-corrected chi connectivity index (χ2v) is 5.42. The van der Waals surface area contributed by atoms with E-state index >= 15 is 0 Å². The van der Waals surface area contributed by atoms with Gasteiger partial charge in [0.1, 0.15) is 5.69 Å². The van der Waals surface area contributed by atoms with Crippen molar-refractivity contribution in [3.63, 3.8) is 0 Å². The number of nitrogens with one attached hydrogen (secondary N) is 1. The summed E-state index contributed by atoms with van der Waals surface area (Å²) >= 11 is 0. The van der Waals surface area contributed by atoms with E-state index in [-0.39, 0.29) is 17.3 Å². The van der Waals surface area contributed by atoms with E-state index in [1.165, 1.54) is 29.7 Å². The summed E-state index contributed by atoms with van der Waals surface area (Å²) in [6, 6.07) is 11.8. The molecule has 0 saturated carbocycles. The van der Waals surface area contributed by atoms with Crippen molar-refractivity contribution in [2.75, 3.05) is 5.32 Å². The molecule has 1 amide bonds. The van der Waals surface area contributed by atoms with Gasteiger partial charge in [-0.25, -0.2) is 0 Å². The fourth-order valence-electron chi connectivity index (χ4n) is 2.81. The Morgan fingerprint density at radius 1 is 1.05 bits per heavy atom. The van der Waals surface area contributed by atoms with Gasteiger partial charge in [-0.1, -0.05) is 18.2 Å². The summed E-state index contributed by atoms with van der Waals surface area (Å²) in [4.78, 5) is 22.8. The van der Waals surface area contributed by atoms with Crippen LogP contribution in [0.25, 0.3) is 0 Å². The molecule has 0 fully saturated rings. The second-order valence-electron chi connectivity index (χ2n) is 5.42. The number of nitro groups is 1. The number of fused-ring (bicyclic) bond motifs is 1. The number of para-hydroxylation sites is 2. The van der Waals surface area contributed by atoms with E-state index in [2.05, 4.69) is 5.32 Å². The zero-order chi connectivity index (χ0) is 15.5. The molecule has 0 aliphatic heterocycles. The first-order valence-corrected chi connectivity index (χ1v) is 7.32. The van der Waals surface area contributed by atoms with Crippen LogP contribution in [0.15, 0.2) is 42.5 Å². The number of nitro benzene ring substituents is 1. The molecular weight excluding hydrogens is 280 g/mol. The molecule has 112 valence electrons. The molecule has 0 heterocycles. The van der Waals surface area contributed by atoms with E-state index in [4.69, 9.17) is 0 Å². The maximum atomic E-state index is 12.3. The number of rotatable bonds is 3. The molecule has 5 nitrogen and oxygen atoms in total. The van der Waals surface area contributed by atoms with Gasteiger partial charge in [0, 0.05) is 11.6 Å². The Bertz CT molecular complexity index is 740. The zero-order valence-corrected chi connectivity index (χ0v) is 12.0. The van der Waals surface area contributed by atoms with Gasteiger partial charge in [-0.2, -0.15) is 0 Å². The number of amides is 1. The predicted octanol–water partition coefficient (Wildman–Crippen LogP) is 3.73. The molecule has 0 spiro atoms. The first kappa shape index (κ1) is 14.3. The van der Waals surface area contributed by atoms with Gasteiger partial charge in [0.15, 0.2) is 0 Å². The summed E-state index contributed by atoms with van der Waals surface area (Å²) in [5.41, 5.74) is 3.16. The Balaban J connectivity index is 1.85. The third-order valence-electron chi connectivity index (χ3n) is 3.96. The average molecular weight is 296 g/mol. The highest BCUT2D eigenvalue weighted by Crippen LogP contribution is 2.25. The lowest BCUT2D eigenvalue weighted by atomic mass is 9.90. The SMILES string of the molecule is O=C(Nc1ccccc1[N+](=O)[O-])c1ccc2c(c1)CCCC2. The van der Waals surface area contributed by atoms with Crippen molar-refractivity contribution in [1.29, 1.82) is 0 Å². The number of carbonyl (C=O) groups is 1. The number of hydrogen-bond acceptors (Lipinski definition) is 3. The molecular formula is C17H16N2O3. The topological polar surface area (TPSA) is 72.2 Å². The largest absolute Gasteiger partial charge is 0.316 e. The van der Waals surface area contributed by atoms with Gasteiger partial charge in [-0.15, -0.1) is 0 Å². The van der Waals surface area contributed by atoms with E-state index in [0.717, 1.165) is 19.3 Å².